The van der Waals surface area contributed by atoms with Crippen LogP contribution in [-0.2, 0) is 0 Å². The number of pyridine rings is 3. The summed E-state index contributed by atoms with van der Waals surface area (Å²) in [5, 5.41) is 5.89. The normalized spacial score (nSPS) is 20.2. The molecule has 29 heavy (non-hydrogen) atoms. The van der Waals surface area contributed by atoms with Crippen molar-refractivity contribution in [3.05, 3.63) is 47.7 Å². The van der Waals surface area contributed by atoms with E-state index in [2.05, 4.69) is 53.2 Å². The number of thioether (sulfide) groups is 1. The maximum absolute atomic E-state index is 4.78. The number of hydrogen-bond acceptors (Lipinski definition) is 6. The van der Waals surface area contributed by atoms with Crippen LogP contribution < -0.4 is 5.32 Å². The van der Waals surface area contributed by atoms with Crippen molar-refractivity contribution >= 4 is 28.2 Å². The minimum Gasteiger partial charge on any atom is -0.382 e. The molecule has 3 aromatic rings. The predicted molar refractivity (Wildman–Crippen MR) is 124 cm³/mol. The monoisotopic (exact) mass is 407 g/mol. The van der Waals surface area contributed by atoms with Crippen LogP contribution in [0.3, 0.4) is 0 Å². The first-order valence-electron chi connectivity index (χ1n) is 10.1. The molecule has 1 unspecified atom stereocenters. The van der Waals surface area contributed by atoms with Crippen molar-refractivity contribution < 1.29 is 0 Å². The largest absolute Gasteiger partial charge is 0.382 e. The lowest BCUT2D eigenvalue weighted by atomic mass is 10.0. The molecule has 0 saturated carbocycles. The summed E-state index contributed by atoms with van der Waals surface area (Å²) in [7, 11) is 2.19. The van der Waals surface area contributed by atoms with Crippen LogP contribution in [0.1, 0.15) is 30.3 Å². The van der Waals surface area contributed by atoms with E-state index in [1.54, 1.807) is 0 Å². The topological polar surface area (TPSA) is 53.9 Å². The zero-order valence-electron chi connectivity index (χ0n) is 17.9. The summed E-state index contributed by atoms with van der Waals surface area (Å²) in [6, 6.07) is 4.29. The molecule has 0 radical (unpaired) electrons. The van der Waals surface area contributed by atoms with Gasteiger partial charge in [-0.3, -0.25) is 19.9 Å². The molecule has 1 atom stereocenters. The Hall–Kier alpha value is -2.18. The van der Waals surface area contributed by atoms with Gasteiger partial charge in [-0.1, -0.05) is 0 Å². The van der Waals surface area contributed by atoms with Gasteiger partial charge in [0.25, 0.3) is 0 Å². The Kier molecular flexibility index (Phi) is 5.49. The smallest absolute Gasteiger partial charge is 0.0728 e. The van der Waals surface area contributed by atoms with Crippen molar-refractivity contribution in [2.45, 2.75) is 38.9 Å². The number of nitrogens with zero attached hydrogens (tertiary/aromatic N) is 4. The van der Waals surface area contributed by atoms with Crippen LogP contribution in [0.2, 0.25) is 0 Å². The second kappa shape index (κ2) is 7.92. The van der Waals surface area contributed by atoms with Gasteiger partial charge in [0.05, 0.1) is 17.6 Å². The molecule has 0 aliphatic carbocycles. The molecule has 1 N–H and O–H groups in total. The molecule has 1 aliphatic rings. The minimum atomic E-state index is 0.263. The fourth-order valence-corrected chi connectivity index (χ4v) is 4.79. The molecule has 6 heteroatoms. The number of aromatic nitrogens is 3. The number of fused-ring (bicyclic) bond motifs is 1. The molecule has 152 valence electrons. The van der Waals surface area contributed by atoms with Crippen LogP contribution in [0, 0.1) is 20.8 Å². The first-order chi connectivity index (χ1) is 13.8. The van der Waals surface area contributed by atoms with Gasteiger partial charge in [0, 0.05) is 58.4 Å². The van der Waals surface area contributed by atoms with E-state index in [9.17, 15) is 0 Å². The van der Waals surface area contributed by atoms with E-state index in [4.69, 9.17) is 4.98 Å². The quantitative estimate of drug-likeness (QED) is 0.670. The Bertz CT molecular complexity index is 1040. The third-order valence-corrected chi connectivity index (χ3v) is 7.42. The standard InChI is InChI=1S/C23H29N5S/c1-15-8-21(20-11-25-17(3)19-10-24-16(2)9-18(19)20)26-12-22(15)27-13-23(4)6-7-28(5)14-29-23/h8-12,27H,6-7,13-14H2,1-5H3. The first-order valence-corrected chi connectivity index (χ1v) is 11.1. The van der Waals surface area contributed by atoms with E-state index >= 15 is 0 Å². The van der Waals surface area contributed by atoms with Crippen molar-refractivity contribution in [2.75, 3.05) is 31.3 Å². The van der Waals surface area contributed by atoms with Gasteiger partial charge in [-0.15, -0.1) is 11.8 Å². The van der Waals surface area contributed by atoms with E-state index in [0.717, 1.165) is 58.1 Å². The van der Waals surface area contributed by atoms with Gasteiger partial charge >= 0.3 is 0 Å². The molecule has 3 aromatic heterocycles. The number of rotatable bonds is 4. The Balaban J connectivity index is 1.59. The van der Waals surface area contributed by atoms with Gasteiger partial charge in [0.2, 0.25) is 0 Å². The summed E-state index contributed by atoms with van der Waals surface area (Å²) >= 11 is 2.03. The average Bonchev–Trinajstić information content (AvgIpc) is 2.70. The third kappa shape index (κ3) is 4.23. The van der Waals surface area contributed by atoms with Gasteiger partial charge < -0.3 is 5.32 Å². The zero-order valence-corrected chi connectivity index (χ0v) is 18.7. The molecular weight excluding hydrogens is 378 g/mol. The molecule has 0 bridgehead atoms. The van der Waals surface area contributed by atoms with Gasteiger partial charge in [-0.25, -0.2) is 0 Å². The Morgan fingerprint density at radius 3 is 2.62 bits per heavy atom. The number of anilines is 1. The third-order valence-electron chi connectivity index (χ3n) is 5.80. The van der Waals surface area contributed by atoms with Crippen molar-refractivity contribution in [1.29, 1.82) is 0 Å². The summed E-state index contributed by atoms with van der Waals surface area (Å²) in [4.78, 5) is 16.2. The SMILES string of the molecule is Cc1cc2c(-c3cc(C)c(NCC4(C)CCN(C)CS4)cn3)cnc(C)c2cn1. The summed E-state index contributed by atoms with van der Waals surface area (Å²) < 4.78 is 0.263. The van der Waals surface area contributed by atoms with Gasteiger partial charge in [-0.05, 0) is 64.2 Å². The Morgan fingerprint density at radius 2 is 1.90 bits per heavy atom. The van der Waals surface area contributed by atoms with Crippen LogP contribution in [0.25, 0.3) is 22.0 Å². The second-order valence-electron chi connectivity index (χ2n) is 8.42. The van der Waals surface area contributed by atoms with Crippen LogP contribution in [0.4, 0.5) is 5.69 Å². The summed E-state index contributed by atoms with van der Waals surface area (Å²) in [6.07, 6.45) is 7.01. The maximum Gasteiger partial charge on any atom is 0.0728 e. The number of hydrogen-bond donors (Lipinski definition) is 1. The first kappa shape index (κ1) is 20.1. The molecule has 0 aromatic carbocycles. The molecule has 4 heterocycles. The molecule has 1 aliphatic heterocycles. The van der Waals surface area contributed by atoms with Crippen LogP contribution in [-0.4, -0.2) is 50.6 Å². The Morgan fingerprint density at radius 1 is 1.07 bits per heavy atom. The molecule has 5 nitrogen and oxygen atoms in total. The highest BCUT2D eigenvalue weighted by molar-refractivity contribution is 8.00. The molecule has 0 amide bonds. The van der Waals surface area contributed by atoms with Crippen molar-refractivity contribution in [1.82, 2.24) is 19.9 Å². The molecule has 1 fully saturated rings. The second-order valence-corrected chi connectivity index (χ2v) is 9.95. The van der Waals surface area contributed by atoms with Gasteiger partial charge in [0.15, 0.2) is 0 Å². The van der Waals surface area contributed by atoms with E-state index in [-0.39, 0.29) is 4.75 Å². The predicted octanol–water partition coefficient (Wildman–Crippen LogP) is 4.81. The molecule has 1 saturated heterocycles. The Labute approximate surface area is 177 Å². The van der Waals surface area contributed by atoms with E-state index in [0.29, 0.717) is 0 Å². The fourth-order valence-electron chi connectivity index (χ4n) is 3.72. The van der Waals surface area contributed by atoms with Crippen LogP contribution >= 0.6 is 11.8 Å². The minimum absolute atomic E-state index is 0.263. The van der Waals surface area contributed by atoms with Gasteiger partial charge in [0.1, 0.15) is 0 Å². The van der Waals surface area contributed by atoms with Crippen molar-refractivity contribution in [2.24, 2.45) is 0 Å². The fraction of sp³-hybridized carbons (Fsp3) is 0.435. The maximum atomic E-state index is 4.78. The molecule has 0 spiro atoms. The lowest BCUT2D eigenvalue weighted by molar-refractivity contribution is 0.344. The zero-order chi connectivity index (χ0) is 20.6. The summed E-state index contributed by atoms with van der Waals surface area (Å²) in [5.74, 6) is 1.09. The van der Waals surface area contributed by atoms with E-state index < -0.39 is 0 Å². The van der Waals surface area contributed by atoms with E-state index in [1.165, 1.54) is 12.0 Å². The highest BCUT2D eigenvalue weighted by atomic mass is 32.2. The number of aryl methyl sites for hydroxylation is 3. The average molecular weight is 408 g/mol. The highest BCUT2D eigenvalue weighted by Crippen LogP contribution is 2.34. The molecular formula is C23H29N5S. The van der Waals surface area contributed by atoms with Gasteiger partial charge in [-0.2, -0.15) is 0 Å². The summed E-state index contributed by atoms with van der Waals surface area (Å²) in [5.41, 5.74) is 6.32. The highest BCUT2D eigenvalue weighted by Gasteiger charge is 2.29. The lowest BCUT2D eigenvalue weighted by Crippen LogP contribution is -2.40. The summed E-state index contributed by atoms with van der Waals surface area (Å²) in [6.45, 7) is 10.7. The van der Waals surface area contributed by atoms with Crippen molar-refractivity contribution in [3.63, 3.8) is 0 Å². The lowest BCUT2D eigenvalue weighted by Gasteiger charge is -2.37. The number of nitrogens with one attached hydrogen (secondary N) is 1. The van der Waals surface area contributed by atoms with Crippen LogP contribution in [0.5, 0.6) is 0 Å². The molecule has 4 rings (SSSR count). The van der Waals surface area contributed by atoms with Crippen molar-refractivity contribution in [3.8, 4) is 11.3 Å². The van der Waals surface area contributed by atoms with Crippen LogP contribution in [0.15, 0.2) is 30.7 Å². The van der Waals surface area contributed by atoms with E-state index in [1.807, 2.05) is 44.2 Å².